The summed E-state index contributed by atoms with van der Waals surface area (Å²) in [4.78, 5) is 4.19. The molecule has 0 radical (unpaired) electrons. The van der Waals surface area contributed by atoms with Gasteiger partial charge in [0.1, 0.15) is 15.7 Å². The number of nitriles is 1. The maximum absolute atomic E-state index is 11.1. The standard InChI is InChI=1S/C11H15N3O2S/c1-8-4-10(6-12)5-11(13-8)14-9(2)7-17(3,15)16/h4-5,9H,7H2,1-3H3,(H,13,14). The third kappa shape index (κ3) is 4.83. The number of hydrogen-bond acceptors (Lipinski definition) is 5. The Balaban J connectivity index is 2.82. The monoisotopic (exact) mass is 253 g/mol. The second-order valence-electron chi connectivity index (χ2n) is 4.13. The predicted molar refractivity (Wildman–Crippen MR) is 66.5 cm³/mol. The van der Waals surface area contributed by atoms with E-state index >= 15 is 0 Å². The molecule has 17 heavy (non-hydrogen) atoms. The van der Waals surface area contributed by atoms with Crippen LogP contribution < -0.4 is 5.32 Å². The van der Waals surface area contributed by atoms with Crippen molar-refractivity contribution in [1.82, 2.24) is 4.98 Å². The Morgan fingerprint density at radius 2 is 2.18 bits per heavy atom. The number of sulfone groups is 1. The molecule has 6 heteroatoms. The normalized spacial score (nSPS) is 12.8. The smallest absolute Gasteiger partial charge is 0.149 e. The second kappa shape index (κ2) is 5.15. The van der Waals surface area contributed by atoms with Crippen LogP contribution in [-0.4, -0.2) is 31.5 Å². The average molecular weight is 253 g/mol. The van der Waals surface area contributed by atoms with Crippen molar-refractivity contribution in [3.63, 3.8) is 0 Å². The zero-order valence-corrected chi connectivity index (χ0v) is 10.9. The van der Waals surface area contributed by atoms with E-state index in [4.69, 9.17) is 5.26 Å². The van der Waals surface area contributed by atoms with Crippen LogP contribution in [0.15, 0.2) is 12.1 Å². The van der Waals surface area contributed by atoms with Gasteiger partial charge in [-0.1, -0.05) is 0 Å². The predicted octanol–water partition coefficient (Wildman–Crippen LogP) is 1.11. The molecule has 0 amide bonds. The highest BCUT2D eigenvalue weighted by Gasteiger charge is 2.11. The maximum atomic E-state index is 11.1. The number of aryl methyl sites for hydroxylation is 1. The minimum Gasteiger partial charge on any atom is -0.367 e. The van der Waals surface area contributed by atoms with Gasteiger partial charge in [0.25, 0.3) is 0 Å². The first-order valence-corrected chi connectivity index (χ1v) is 7.19. The van der Waals surface area contributed by atoms with Gasteiger partial charge in [-0.05, 0) is 26.0 Å². The van der Waals surface area contributed by atoms with Crippen molar-refractivity contribution in [2.75, 3.05) is 17.3 Å². The highest BCUT2D eigenvalue weighted by atomic mass is 32.2. The molecular formula is C11H15N3O2S. The number of hydrogen-bond donors (Lipinski definition) is 1. The van der Waals surface area contributed by atoms with E-state index in [1.165, 1.54) is 6.26 Å². The molecule has 0 aliphatic heterocycles. The van der Waals surface area contributed by atoms with Crippen LogP contribution in [0.5, 0.6) is 0 Å². The molecule has 1 aromatic heterocycles. The summed E-state index contributed by atoms with van der Waals surface area (Å²) in [5, 5.41) is 11.8. The van der Waals surface area contributed by atoms with Crippen LogP contribution in [0.3, 0.4) is 0 Å². The van der Waals surface area contributed by atoms with E-state index in [0.717, 1.165) is 5.69 Å². The van der Waals surface area contributed by atoms with Gasteiger partial charge in [-0.2, -0.15) is 5.26 Å². The van der Waals surface area contributed by atoms with Gasteiger partial charge in [0.05, 0.1) is 17.4 Å². The van der Waals surface area contributed by atoms with Crippen molar-refractivity contribution in [3.8, 4) is 6.07 Å². The molecule has 1 rings (SSSR count). The molecule has 0 spiro atoms. The van der Waals surface area contributed by atoms with E-state index in [-0.39, 0.29) is 11.8 Å². The fourth-order valence-electron chi connectivity index (χ4n) is 1.56. The Labute approximate surface area is 101 Å². The van der Waals surface area contributed by atoms with Gasteiger partial charge in [-0.25, -0.2) is 13.4 Å². The lowest BCUT2D eigenvalue weighted by molar-refractivity contribution is 0.598. The number of nitrogens with one attached hydrogen (secondary N) is 1. The van der Waals surface area contributed by atoms with Crippen molar-refractivity contribution in [2.45, 2.75) is 19.9 Å². The molecule has 0 aromatic carbocycles. The topological polar surface area (TPSA) is 82.9 Å². The highest BCUT2D eigenvalue weighted by Crippen LogP contribution is 2.10. The minimum atomic E-state index is -3.02. The van der Waals surface area contributed by atoms with Crippen molar-refractivity contribution in [3.05, 3.63) is 23.4 Å². The lowest BCUT2D eigenvalue weighted by Crippen LogP contribution is -2.25. The number of rotatable bonds is 4. The van der Waals surface area contributed by atoms with Gasteiger partial charge in [-0.3, -0.25) is 0 Å². The third-order valence-corrected chi connectivity index (χ3v) is 3.14. The average Bonchev–Trinajstić information content (AvgIpc) is 2.13. The fourth-order valence-corrected chi connectivity index (χ4v) is 2.55. The van der Waals surface area contributed by atoms with E-state index in [9.17, 15) is 8.42 Å². The molecular weight excluding hydrogens is 238 g/mol. The van der Waals surface area contributed by atoms with Crippen LogP contribution in [0.25, 0.3) is 0 Å². The molecule has 1 unspecified atom stereocenters. The first-order chi connectivity index (χ1) is 7.80. The first-order valence-electron chi connectivity index (χ1n) is 5.13. The molecule has 1 atom stereocenters. The van der Waals surface area contributed by atoms with Gasteiger partial charge in [0.15, 0.2) is 0 Å². The number of aromatic nitrogens is 1. The summed E-state index contributed by atoms with van der Waals surface area (Å²) < 4.78 is 22.2. The summed E-state index contributed by atoms with van der Waals surface area (Å²) in [6.45, 7) is 3.55. The quantitative estimate of drug-likeness (QED) is 0.869. The van der Waals surface area contributed by atoms with E-state index in [1.54, 1.807) is 26.0 Å². The van der Waals surface area contributed by atoms with Crippen LogP contribution in [0.4, 0.5) is 5.82 Å². The Hall–Kier alpha value is -1.61. The molecule has 1 heterocycles. The van der Waals surface area contributed by atoms with E-state index < -0.39 is 9.84 Å². The van der Waals surface area contributed by atoms with Gasteiger partial charge in [-0.15, -0.1) is 0 Å². The fraction of sp³-hybridized carbons (Fsp3) is 0.455. The summed E-state index contributed by atoms with van der Waals surface area (Å²) in [7, 11) is -3.02. The lowest BCUT2D eigenvalue weighted by atomic mass is 10.2. The first kappa shape index (κ1) is 13.5. The van der Waals surface area contributed by atoms with Crippen LogP contribution >= 0.6 is 0 Å². The Morgan fingerprint density at radius 3 is 2.71 bits per heavy atom. The summed E-state index contributed by atoms with van der Waals surface area (Å²) in [5.74, 6) is 0.558. The molecule has 0 aliphatic rings. The van der Waals surface area contributed by atoms with Crippen molar-refractivity contribution < 1.29 is 8.42 Å². The zero-order chi connectivity index (χ0) is 13.1. The number of nitrogens with zero attached hydrogens (tertiary/aromatic N) is 2. The van der Waals surface area contributed by atoms with Crippen LogP contribution in [0, 0.1) is 18.3 Å². The van der Waals surface area contributed by atoms with Gasteiger partial charge < -0.3 is 5.32 Å². The summed E-state index contributed by atoms with van der Waals surface area (Å²) >= 11 is 0. The molecule has 0 saturated heterocycles. The molecule has 5 nitrogen and oxygen atoms in total. The van der Waals surface area contributed by atoms with Crippen molar-refractivity contribution in [1.29, 1.82) is 5.26 Å². The second-order valence-corrected chi connectivity index (χ2v) is 6.32. The van der Waals surface area contributed by atoms with Gasteiger partial charge >= 0.3 is 0 Å². The third-order valence-electron chi connectivity index (χ3n) is 2.03. The molecule has 0 saturated carbocycles. The maximum Gasteiger partial charge on any atom is 0.149 e. The number of anilines is 1. The summed E-state index contributed by atoms with van der Waals surface area (Å²) in [5.41, 5.74) is 1.23. The molecule has 1 N–H and O–H groups in total. The molecule has 92 valence electrons. The molecule has 0 bridgehead atoms. The lowest BCUT2D eigenvalue weighted by Gasteiger charge is -2.13. The van der Waals surface area contributed by atoms with Crippen LogP contribution in [0.2, 0.25) is 0 Å². The minimum absolute atomic E-state index is 0.0323. The summed E-state index contributed by atoms with van der Waals surface area (Å²) in [6.07, 6.45) is 1.19. The van der Waals surface area contributed by atoms with Gasteiger partial charge in [0.2, 0.25) is 0 Å². The Morgan fingerprint density at radius 1 is 1.53 bits per heavy atom. The summed E-state index contributed by atoms with van der Waals surface area (Å²) in [6, 6.07) is 5.06. The van der Waals surface area contributed by atoms with Crippen molar-refractivity contribution >= 4 is 15.7 Å². The Bertz CT molecular complexity index is 546. The SMILES string of the molecule is Cc1cc(C#N)cc(NC(C)CS(C)(=O)=O)n1. The molecule has 0 fully saturated rings. The number of pyridine rings is 1. The zero-order valence-electron chi connectivity index (χ0n) is 10.1. The molecule has 1 aromatic rings. The highest BCUT2D eigenvalue weighted by molar-refractivity contribution is 7.90. The van der Waals surface area contributed by atoms with E-state index in [2.05, 4.69) is 10.3 Å². The van der Waals surface area contributed by atoms with E-state index in [0.29, 0.717) is 11.4 Å². The largest absolute Gasteiger partial charge is 0.367 e. The molecule has 0 aliphatic carbocycles. The Kier molecular flexibility index (Phi) is 4.07. The van der Waals surface area contributed by atoms with Crippen LogP contribution in [0.1, 0.15) is 18.2 Å². The van der Waals surface area contributed by atoms with Crippen molar-refractivity contribution in [2.24, 2.45) is 0 Å². The van der Waals surface area contributed by atoms with Crippen LogP contribution in [-0.2, 0) is 9.84 Å². The van der Waals surface area contributed by atoms with E-state index in [1.807, 2.05) is 6.07 Å². The van der Waals surface area contributed by atoms with Gasteiger partial charge in [0, 0.05) is 18.0 Å².